The van der Waals surface area contributed by atoms with E-state index in [1.54, 1.807) is 13.0 Å². The van der Waals surface area contributed by atoms with Crippen molar-refractivity contribution in [3.05, 3.63) is 29.1 Å². The van der Waals surface area contributed by atoms with Crippen LogP contribution < -0.4 is 5.32 Å². The van der Waals surface area contributed by atoms with E-state index in [1.807, 2.05) is 6.92 Å². The number of imidazole rings is 1. The Morgan fingerprint density at radius 1 is 1.28 bits per heavy atom. The molecule has 1 N–H and O–H groups in total. The topological polar surface area (TPSA) is 64.0 Å². The lowest BCUT2D eigenvalue weighted by Crippen LogP contribution is -2.62. The molecule has 0 bridgehead atoms. The standard InChI is InChI=1S/C21H24F3N3O2/c1-12-7-9-15-19(13(12)2)25-17-11-16(28)20(27(15)17,21(22,23)24)26-18(29)10-8-14-5-3-4-6-14/h7,9,14H,3-6,8,10-11H2,1-2H3,(H,26,29). The second-order valence-corrected chi connectivity index (χ2v) is 8.28. The molecule has 2 aliphatic rings. The summed E-state index contributed by atoms with van der Waals surface area (Å²) in [5.74, 6) is -1.44. The van der Waals surface area contributed by atoms with Crippen molar-refractivity contribution in [2.24, 2.45) is 5.92 Å². The van der Waals surface area contributed by atoms with Crippen LogP contribution in [0.15, 0.2) is 12.1 Å². The maximum absolute atomic E-state index is 14.3. The summed E-state index contributed by atoms with van der Waals surface area (Å²) < 4.78 is 43.9. The summed E-state index contributed by atoms with van der Waals surface area (Å²) in [6, 6.07) is 3.25. The summed E-state index contributed by atoms with van der Waals surface area (Å²) >= 11 is 0. The molecule has 1 aromatic carbocycles. The number of nitrogens with one attached hydrogen (secondary N) is 1. The molecule has 2 aromatic rings. The normalized spacial score (nSPS) is 22.4. The Morgan fingerprint density at radius 3 is 2.62 bits per heavy atom. The predicted octanol–water partition coefficient (Wildman–Crippen LogP) is 4.08. The van der Waals surface area contributed by atoms with E-state index < -0.39 is 30.0 Å². The first kappa shape index (κ1) is 19.9. The number of ketones is 1. The molecule has 4 rings (SSSR count). The van der Waals surface area contributed by atoms with Gasteiger partial charge in [-0.25, -0.2) is 4.98 Å². The van der Waals surface area contributed by atoms with Gasteiger partial charge in [-0.3, -0.25) is 14.2 Å². The molecule has 156 valence electrons. The van der Waals surface area contributed by atoms with Crippen LogP contribution in [-0.2, 0) is 21.7 Å². The average molecular weight is 407 g/mol. The second kappa shape index (κ2) is 6.85. The zero-order chi connectivity index (χ0) is 21.0. The van der Waals surface area contributed by atoms with Gasteiger partial charge in [0.2, 0.25) is 5.91 Å². The number of aromatic nitrogens is 2. The first-order valence-electron chi connectivity index (χ1n) is 10.0. The number of amides is 1. The van der Waals surface area contributed by atoms with Crippen molar-refractivity contribution in [3.63, 3.8) is 0 Å². The predicted molar refractivity (Wildman–Crippen MR) is 101 cm³/mol. The molecule has 0 spiro atoms. The highest BCUT2D eigenvalue weighted by atomic mass is 19.4. The molecule has 0 saturated heterocycles. The summed E-state index contributed by atoms with van der Waals surface area (Å²) in [5, 5.41) is 2.08. The highest BCUT2D eigenvalue weighted by Gasteiger charge is 2.66. The van der Waals surface area contributed by atoms with Crippen LogP contribution in [0.4, 0.5) is 13.2 Å². The fourth-order valence-corrected chi connectivity index (χ4v) is 4.70. The molecule has 8 heteroatoms. The quantitative estimate of drug-likeness (QED) is 0.831. The Morgan fingerprint density at radius 2 is 1.97 bits per heavy atom. The van der Waals surface area contributed by atoms with Crippen molar-refractivity contribution in [1.82, 2.24) is 14.9 Å². The van der Waals surface area contributed by atoms with Crippen molar-refractivity contribution in [3.8, 4) is 0 Å². The molecular weight excluding hydrogens is 383 g/mol. The summed E-state index contributed by atoms with van der Waals surface area (Å²) in [7, 11) is 0. The number of aryl methyl sites for hydroxylation is 2. The first-order valence-corrected chi connectivity index (χ1v) is 10.0. The van der Waals surface area contributed by atoms with Gasteiger partial charge in [0.25, 0.3) is 5.66 Å². The lowest BCUT2D eigenvalue weighted by Gasteiger charge is -2.33. The number of rotatable bonds is 4. The lowest BCUT2D eigenvalue weighted by molar-refractivity contribution is -0.218. The zero-order valence-electron chi connectivity index (χ0n) is 16.5. The highest BCUT2D eigenvalue weighted by molar-refractivity contribution is 5.98. The van der Waals surface area contributed by atoms with E-state index in [4.69, 9.17) is 0 Å². The number of hydrogen-bond donors (Lipinski definition) is 1. The van der Waals surface area contributed by atoms with Crippen LogP contribution in [0.3, 0.4) is 0 Å². The highest BCUT2D eigenvalue weighted by Crippen LogP contribution is 2.44. The summed E-state index contributed by atoms with van der Waals surface area (Å²) in [5.41, 5.74) is -0.783. The monoisotopic (exact) mass is 407 g/mol. The molecule has 1 fully saturated rings. The number of hydrogen-bond acceptors (Lipinski definition) is 3. The van der Waals surface area contributed by atoms with Gasteiger partial charge >= 0.3 is 6.18 Å². The lowest BCUT2D eigenvalue weighted by atomic mass is 10.00. The van der Waals surface area contributed by atoms with Crippen molar-refractivity contribution in [2.75, 3.05) is 0 Å². The molecule has 1 aromatic heterocycles. The zero-order valence-corrected chi connectivity index (χ0v) is 16.5. The molecule has 1 saturated carbocycles. The number of alkyl halides is 3. The second-order valence-electron chi connectivity index (χ2n) is 8.28. The van der Waals surface area contributed by atoms with Crippen molar-refractivity contribution < 1.29 is 22.8 Å². The number of carbonyl (C=O) groups excluding carboxylic acids is 2. The van der Waals surface area contributed by atoms with E-state index in [0.717, 1.165) is 41.4 Å². The summed E-state index contributed by atoms with van der Waals surface area (Å²) in [6.07, 6.45) is -0.710. The third-order valence-electron chi connectivity index (χ3n) is 6.46. The number of halogens is 3. The van der Waals surface area contributed by atoms with Crippen molar-refractivity contribution >= 4 is 22.7 Å². The first-order chi connectivity index (χ1) is 13.6. The van der Waals surface area contributed by atoms with Crippen LogP contribution in [0.5, 0.6) is 0 Å². The fraction of sp³-hybridized carbons (Fsp3) is 0.571. The van der Waals surface area contributed by atoms with E-state index >= 15 is 0 Å². The van der Waals surface area contributed by atoms with E-state index in [0.29, 0.717) is 17.9 Å². The van der Waals surface area contributed by atoms with Gasteiger partial charge in [-0.05, 0) is 43.4 Å². The van der Waals surface area contributed by atoms with E-state index in [-0.39, 0.29) is 17.8 Å². The summed E-state index contributed by atoms with van der Waals surface area (Å²) in [6.45, 7) is 3.64. The Kier molecular flexibility index (Phi) is 4.70. The van der Waals surface area contributed by atoms with E-state index in [1.165, 1.54) is 6.07 Å². The average Bonchev–Trinajstić information content (AvgIpc) is 3.33. The molecule has 1 aliphatic heterocycles. The van der Waals surface area contributed by atoms with Gasteiger partial charge in [-0.2, -0.15) is 13.2 Å². The molecule has 29 heavy (non-hydrogen) atoms. The number of carbonyl (C=O) groups is 2. The molecule has 1 unspecified atom stereocenters. The van der Waals surface area contributed by atoms with Crippen LogP contribution in [0.2, 0.25) is 0 Å². The minimum atomic E-state index is -4.98. The van der Waals surface area contributed by atoms with Gasteiger partial charge in [-0.15, -0.1) is 0 Å². The number of nitrogens with zero attached hydrogens (tertiary/aromatic N) is 2. The van der Waals surface area contributed by atoms with E-state index in [2.05, 4.69) is 10.3 Å². The Balaban J connectivity index is 1.74. The molecule has 0 radical (unpaired) electrons. The Hall–Kier alpha value is -2.38. The van der Waals surface area contributed by atoms with Crippen LogP contribution in [-0.4, -0.2) is 27.4 Å². The van der Waals surface area contributed by atoms with Gasteiger partial charge in [0.1, 0.15) is 5.82 Å². The molecule has 1 aliphatic carbocycles. The van der Waals surface area contributed by atoms with Crippen LogP contribution in [0.25, 0.3) is 11.0 Å². The molecule has 1 atom stereocenters. The summed E-state index contributed by atoms with van der Waals surface area (Å²) in [4.78, 5) is 29.5. The third kappa shape index (κ3) is 3.04. The maximum Gasteiger partial charge on any atom is 0.438 e. The smallest absolute Gasteiger partial charge is 0.319 e. The van der Waals surface area contributed by atoms with Crippen LogP contribution >= 0.6 is 0 Å². The van der Waals surface area contributed by atoms with Crippen LogP contribution in [0.1, 0.15) is 55.5 Å². The molecule has 2 heterocycles. The van der Waals surface area contributed by atoms with Gasteiger partial charge in [-0.1, -0.05) is 31.7 Å². The number of benzene rings is 1. The largest absolute Gasteiger partial charge is 0.438 e. The Labute approximate surface area is 166 Å². The van der Waals surface area contributed by atoms with Gasteiger partial charge in [0.15, 0.2) is 5.78 Å². The van der Waals surface area contributed by atoms with Gasteiger partial charge < -0.3 is 5.32 Å². The minimum Gasteiger partial charge on any atom is -0.319 e. The van der Waals surface area contributed by atoms with Crippen LogP contribution in [0, 0.1) is 19.8 Å². The van der Waals surface area contributed by atoms with Gasteiger partial charge in [0.05, 0.1) is 17.5 Å². The van der Waals surface area contributed by atoms with Crippen molar-refractivity contribution in [1.29, 1.82) is 0 Å². The third-order valence-corrected chi connectivity index (χ3v) is 6.46. The molecular formula is C21H24F3N3O2. The number of Topliss-reactive ketones (excluding diaryl/α,β-unsaturated/α-hetero) is 1. The Bertz CT molecular complexity index is 989. The van der Waals surface area contributed by atoms with Gasteiger partial charge in [0, 0.05) is 6.42 Å². The fourth-order valence-electron chi connectivity index (χ4n) is 4.70. The molecule has 5 nitrogen and oxygen atoms in total. The molecule has 1 amide bonds. The van der Waals surface area contributed by atoms with E-state index in [9.17, 15) is 22.8 Å². The SMILES string of the molecule is Cc1ccc2c(nc3n2C(NC(=O)CCC2CCCC2)(C(F)(F)F)C(=O)C3)c1C. The van der Waals surface area contributed by atoms with Crippen molar-refractivity contribution in [2.45, 2.75) is 70.6 Å². The maximum atomic E-state index is 14.3. The minimum absolute atomic E-state index is 0.0180. The number of fused-ring (bicyclic) bond motifs is 3.